The zero-order valence-corrected chi connectivity index (χ0v) is 10.7. The first-order valence-corrected chi connectivity index (χ1v) is 7.77. The van der Waals surface area contributed by atoms with Gasteiger partial charge in [0.25, 0.3) is 0 Å². The molecule has 0 spiro atoms. The first kappa shape index (κ1) is 15.0. The Morgan fingerprint density at radius 3 is 2.17 bits per heavy atom. The molecule has 1 heterocycles. The summed E-state index contributed by atoms with van der Waals surface area (Å²) in [6.07, 6.45) is -5.32. The molecule has 0 unspecified atom stereocenters. The summed E-state index contributed by atoms with van der Waals surface area (Å²) in [4.78, 5) is 22.2. The number of carbonyl (C=O) groups excluding carboxylic acids is 1. The Morgan fingerprint density at radius 2 is 1.83 bits per heavy atom. The molecule has 0 bridgehead atoms. The fraction of sp³-hybridized carbons (Fsp3) is 0.778. The second kappa shape index (κ2) is 4.57. The molecule has 2 atom stereocenters. The predicted octanol–water partition coefficient (Wildman–Crippen LogP) is 1.23. The molecule has 9 heteroatoms. The van der Waals surface area contributed by atoms with E-state index in [1.54, 1.807) is 0 Å². The average Bonchev–Trinajstić information content (AvgIpc) is 2.58. The topological polar surface area (TPSA) is 74.7 Å². The molecule has 1 fully saturated rings. The van der Waals surface area contributed by atoms with Gasteiger partial charge in [-0.1, -0.05) is 0 Å². The van der Waals surface area contributed by atoms with Crippen LogP contribution < -0.4 is 0 Å². The lowest BCUT2D eigenvalue weighted by Crippen LogP contribution is -2.47. The SMILES string of the molecule is CP(C)(=O)[C@@H]1C[C@H](C(=O)O)N(C(=O)C(F)(F)F)C1. The van der Waals surface area contributed by atoms with Crippen molar-refractivity contribution in [2.75, 3.05) is 19.9 Å². The Balaban J connectivity index is 3.00. The first-order chi connectivity index (χ1) is 7.94. The molecule has 1 saturated heterocycles. The van der Waals surface area contributed by atoms with E-state index >= 15 is 0 Å². The van der Waals surface area contributed by atoms with Crippen molar-refractivity contribution in [1.82, 2.24) is 4.90 Å². The highest BCUT2D eigenvalue weighted by Crippen LogP contribution is 2.48. The highest BCUT2D eigenvalue weighted by molar-refractivity contribution is 7.63. The van der Waals surface area contributed by atoms with Crippen LogP contribution in [0.3, 0.4) is 0 Å². The third-order valence-electron chi connectivity index (χ3n) is 2.95. The smallest absolute Gasteiger partial charge is 0.471 e. The lowest BCUT2D eigenvalue weighted by Gasteiger charge is -2.22. The molecule has 1 aliphatic rings. The molecule has 5 nitrogen and oxygen atoms in total. The molecule has 0 aromatic rings. The molecule has 0 aromatic carbocycles. The van der Waals surface area contributed by atoms with Crippen LogP contribution in [0.1, 0.15) is 6.42 Å². The summed E-state index contributed by atoms with van der Waals surface area (Å²) in [5.41, 5.74) is -0.704. The van der Waals surface area contributed by atoms with Gasteiger partial charge in [0.1, 0.15) is 6.04 Å². The third-order valence-corrected chi connectivity index (χ3v) is 5.08. The second-order valence-electron chi connectivity index (χ2n) is 4.63. The Hall–Kier alpha value is -1.04. The third kappa shape index (κ3) is 3.04. The predicted molar refractivity (Wildman–Crippen MR) is 57.1 cm³/mol. The van der Waals surface area contributed by atoms with Crippen molar-refractivity contribution in [1.29, 1.82) is 0 Å². The van der Waals surface area contributed by atoms with Gasteiger partial charge in [-0.25, -0.2) is 4.79 Å². The number of carboxylic acids is 1. The van der Waals surface area contributed by atoms with Gasteiger partial charge in [0.15, 0.2) is 0 Å². The van der Waals surface area contributed by atoms with Gasteiger partial charge in [-0.2, -0.15) is 13.2 Å². The lowest BCUT2D eigenvalue weighted by atomic mass is 10.2. The van der Waals surface area contributed by atoms with Crippen molar-refractivity contribution >= 4 is 19.0 Å². The molecule has 1 N–H and O–H groups in total. The van der Waals surface area contributed by atoms with Gasteiger partial charge in [0.05, 0.1) is 7.14 Å². The standard InChI is InChI=1S/C9H13F3NO4P/c1-18(2,17)5-3-6(7(14)15)13(4-5)8(16)9(10,11)12/h5-6H,3-4H2,1-2H3,(H,14,15)/t5-,6-/m1/s1. The van der Waals surface area contributed by atoms with Gasteiger partial charge < -0.3 is 14.6 Å². The number of rotatable bonds is 2. The summed E-state index contributed by atoms with van der Waals surface area (Å²) >= 11 is 0. The van der Waals surface area contributed by atoms with Crippen LogP contribution in [0.4, 0.5) is 13.2 Å². The molecule has 0 aromatic heterocycles. The summed E-state index contributed by atoms with van der Waals surface area (Å²) < 4.78 is 48.7. The van der Waals surface area contributed by atoms with Crippen LogP contribution in [0.2, 0.25) is 0 Å². The molecule has 1 rings (SSSR count). The quantitative estimate of drug-likeness (QED) is 0.775. The van der Waals surface area contributed by atoms with Crippen molar-refractivity contribution in [3.05, 3.63) is 0 Å². The maximum atomic E-state index is 12.3. The summed E-state index contributed by atoms with van der Waals surface area (Å²) in [6.45, 7) is 2.32. The van der Waals surface area contributed by atoms with Crippen molar-refractivity contribution < 1.29 is 32.4 Å². The molecule has 0 aliphatic carbocycles. The van der Waals surface area contributed by atoms with E-state index in [0.29, 0.717) is 0 Å². The maximum Gasteiger partial charge on any atom is 0.471 e. The molecule has 0 saturated carbocycles. The van der Waals surface area contributed by atoms with Crippen LogP contribution in [-0.4, -0.2) is 59.6 Å². The zero-order valence-electron chi connectivity index (χ0n) is 9.77. The fourth-order valence-corrected chi connectivity index (χ4v) is 3.16. The fourth-order valence-electron chi connectivity index (χ4n) is 1.89. The summed E-state index contributed by atoms with van der Waals surface area (Å²) in [5, 5.41) is 8.83. The lowest BCUT2D eigenvalue weighted by molar-refractivity contribution is -0.187. The zero-order chi connectivity index (χ0) is 14.3. The van der Waals surface area contributed by atoms with E-state index in [-0.39, 0.29) is 11.3 Å². The van der Waals surface area contributed by atoms with Gasteiger partial charge in [-0.05, 0) is 19.8 Å². The number of carboxylic acid groups (broad SMARTS) is 1. The molecule has 0 radical (unpaired) electrons. The van der Waals surface area contributed by atoms with Crippen molar-refractivity contribution in [2.45, 2.75) is 24.3 Å². The Morgan fingerprint density at radius 1 is 1.33 bits per heavy atom. The minimum atomic E-state index is -5.12. The summed E-state index contributed by atoms with van der Waals surface area (Å²) in [5.74, 6) is -3.70. The number of carbonyl (C=O) groups is 2. The van der Waals surface area contributed by atoms with E-state index in [1.165, 1.54) is 13.3 Å². The maximum absolute atomic E-state index is 12.3. The molecule has 104 valence electrons. The van der Waals surface area contributed by atoms with E-state index in [1.807, 2.05) is 0 Å². The van der Waals surface area contributed by atoms with Crippen LogP contribution in [0.5, 0.6) is 0 Å². The van der Waals surface area contributed by atoms with Crippen molar-refractivity contribution in [2.24, 2.45) is 0 Å². The molecular weight excluding hydrogens is 274 g/mol. The van der Waals surface area contributed by atoms with E-state index < -0.39 is 43.4 Å². The minimum absolute atomic E-state index is 0.207. The van der Waals surface area contributed by atoms with Crippen molar-refractivity contribution in [3.8, 4) is 0 Å². The molecular formula is C9H13F3NO4P. The number of halogens is 3. The van der Waals surface area contributed by atoms with E-state index in [0.717, 1.165) is 0 Å². The molecule has 1 aliphatic heterocycles. The van der Waals surface area contributed by atoms with E-state index in [4.69, 9.17) is 5.11 Å². The number of hydrogen-bond donors (Lipinski definition) is 1. The number of alkyl halides is 3. The van der Waals surface area contributed by atoms with Crippen molar-refractivity contribution in [3.63, 3.8) is 0 Å². The number of aliphatic carboxylic acids is 1. The first-order valence-electron chi connectivity index (χ1n) is 5.10. The van der Waals surface area contributed by atoms with Crippen LogP contribution in [0.25, 0.3) is 0 Å². The minimum Gasteiger partial charge on any atom is -0.480 e. The van der Waals surface area contributed by atoms with Crippen LogP contribution in [0.15, 0.2) is 0 Å². The van der Waals surface area contributed by atoms with Crippen LogP contribution in [-0.2, 0) is 14.2 Å². The van der Waals surface area contributed by atoms with Gasteiger partial charge in [-0.15, -0.1) is 0 Å². The average molecular weight is 287 g/mol. The largest absolute Gasteiger partial charge is 0.480 e. The Bertz CT molecular complexity index is 417. The second-order valence-corrected chi connectivity index (χ2v) is 8.23. The van der Waals surface area contributed by atoms with E-state index in [2.05, 4.69) is 0 Å². The highest BCUT2D eigenvalue weighted by Gasteiger charge is 2.51. The van der Waals surface area contributed by atoms with Crippen LogP contribution in [0, 0.1) is 0 Å². The number of amides is 1. The van der Waals surface area contributed by atoms with Gasteiger partial charge in [0, 0.05) is 12.2 Å². The molecule has 18 heavy (non-hydrogen) atoms. The summed E-state index contributed by atoms with van der Waals surface area (Å²) in [6, 6.07) is -1.56. The number of hydrogen-bond acceptors (Lipinski definition) is 3. The Labute approximate surface area is 101 Å². The van der Waals surface area contributed by atoms with Crippen LogP contribution >= 0.6 is 7.14 Å². The highest BCUT2D eigenvalue weighted by atomic mass is 31.2. The monoisotopic (exact) mass is 287 g/mol. The van der Waals surface area contributed by atoms with Gasteiger partial charge in [0.2, 0.25) is 0 Å². The number of likely N-dealkylation sites (tertiary alicyclic amines) is 1. The molecule has 1 amide bonds. The van der Waals surface area contributed by atoms with Gasteiger partial charge in [-0.3, -0.25) is 4.79 Å². The van der Waals surface area contributed by atoms with Gasteiger partial charge >= 0.3 is 18.1 Å². The summed E-state index contributed by atoms with van der Waals surface area (Å²) in [7, 11) is -2.74. The number of nitrogens with zero attached hydrogens (tertiary/aromatic N) is 1. The Kier molecular flexibility index (Phi) is 3.81. The normalized spacial score (nSPS) is 25.3. The van der Waals surface area contributed by atoms with E-state index in [9.17, 15) is 27.3 Å².